The molecule has 0 saturated carbocycles. The molecule has 3 heteroatoms. The molecule has 1 rings (SSSR count). The number of piperazine rings is 1. The Morgan fingerprint density at radius 3 is 2.25 bits per heavy atom. The van der Waals surface area contributed by atoms with Gasteiger partial charge in [-0.3, -0.25) is 10.2 Å². The Labute approximate surface area is 74.1 Å². The molecule has 1 aliphatic heterocycles. The molecule has 12 heavy (non-hydrogen) atoms. The molecule has 0 bridgehead atoms. The number of nitrogens with zero attached hydrogens (tertiary/aromatic N) is 1. The standard InChI is InChI=1S/C9H18N2O/c1-8(2)6-10-7(12)9(3,4)11(8)5/h6H2,1-5H3,(H,10,12)/p+1. The van der Waals surface area contributed by atoms with Gasteiger partial charge in [-0.05, 0) is 34.7 Å². The van der Waals surface area contributed by atoms with Crippen LogP contribution in [0.5, 0.6) is 0 Å². The van der Waals surface area contributed by atoms with Crippen LogP contribution in [0.4, 0.5) is 0 Å². The van der Waals surface area contributed by atoms with E-state index in [9.17, 15) is 4.79 Å². The monoisotopic (exact) mass is 171 g/mol. The highest BCUT2D eigenvalue weighted by Crippen LogP contribution is 2.23. The third-order valence-corrected chi connectivity index (χ3v) is 3.14. The summed E-state index contributed by atoms with van der Waals surface area (Å²) in [6.45, 7) is 9.14. The third-order valence-electron chi connectivity index (χ3n) is 3.14. The van der Waals surface area contributed by atoms with Crippen molar-refractivity contribution in [1.82, 2.24) is 4.90 Å². The Kier molecular flexibility index (Phi) is 2.05. The van der Waals surface area contributed by atoms with Crippen LogP contribution in [0.3, 0.4) is 0 Å². The molecule has 2 N–H and O–H groups in total. The van der Waals surface area contributed by atoms with Crippen LogP contribution in [0.25, 0.3) is 0 Å². The van der Waals surface area contributed by atoms with Crippen LogP contribution in [0.1, 0.15) is 27.7 Å². The first-order valence-electron chi connectivity index (χ1n) is 4.40. The van der Waals surface area contributed by atoms with Crippen LogP contribution >= 0.6 is 0 Å². The summed E-state index contributed by atoms with van der Waals surface area (Å²) in [4.78, 5) is 13.7. The molecule has 0 aromatic rings. The lowest BCUT2D eigenvalue weighted by molar-refractivity contribution is -0.596. The van der Waals surface area contributed by atoms with Gasteiger partial charge >= 0.3 is 5.91 Å². The van der Waals surface area contributed by atoms with Gasteiger partial charge in [-0.25, -0.2) is 4.79 Å². The smallest absolute Gasteiger partial charge is 0.280 e. The normalized spacial score (nSPS) is 28.9. The lowest BCUT2D eigenvalue weighted by Crippen LogP contribution is -3.00. The first kappa shape index (κ1) is 9.68. The molecule has 0 radical (unpaired) electrons. The van der Waals surface area contributed by atoms with E-state index in [4.69, 9.17) is 0 Å². The molecular weight excluding hydrogens is 152 g/mol. The molecule has 1 fully saturated rings. The second-order valence-corrected chi connectivity index (χ2v) is 4.70. The predicted molar refractivity (Wildman–Crippen MR) is 47.7 cm³/mol. The lowest BCUT2D eigenvalue weighted by atomic mass is 9.89. The fourth-order valence-electron chi connectivity index (χ4n) is 1.65. The van der Waals surface area contributed by atoms with Gasteiger partial charge in [0, 0.05) is 0 Å². The average Bonchev–Trinajstić information content (AvgIpc) is 1.96. The number of primary amides is 1. The summed E-state index contributed by atoms with van der Waals surface area (Å²) >= 11 is 0. The highest BCUT2D eigenvalue weighted by Gasteiger charge is 2.47. The fraction of sp³-hybridized carbons (Fsp3) is 0.889. The summed E-state index contributed by atoms with van der Waals surface area (Å²) in [6.07, 6.45) is 0. The van der Waals surface area contributed by atoms with Crippen molar-refractivity contribution in [2.24, 2.45) is 0 Å². The Morgan fingerprint density at radius 1 is 1.33 bits per heavy atom. The lowest BCUT2D eigenvalue weighted by Gasteiger charge is -2.46. The Morgan fingerprint density at radius 2 is 1.83 bits per heavy atom. The number of quaternary nitrogens is 1. The van der Waals surface area contributed by atoms with E-state index in [0.29, 0.717) is 0 Å². The predicted octanol–water partition coefficient (Wildman–Crippen LogP) is -0.421. The van der Waals surface area contributed by atoms with Gasteiger partial charge in [-0.15, -0.1) is 0 Å². The topological polar surface area (TPSA) is 36.9 Å². The van der Waals surface area contributed by atoms with Crippen LogP contribution in [0.2, 0.25) is 0 Å². The zero-order valence-corrected chi connectivity index (χ0v) is 8.64. The van der Waals surface area contributed by atoms with Gasteiger partial charge in [-0.2, -0.15) is 0 Å². The molecule has 0 aliphatic carbocycles. The van der Waals surface area contributed by atoms with Crippen molar-refractivity contribution in [2.45, 2.75) is 38.8 Å². The Bertz CT molecular complexity index is 209. The maximum atomic E-state index is 11.5. The first-order chi connectivity index (χ1) is 5.28. The number of rotatable bonds is 0. The second-order valence-electron chi connectivity index (χ2n) is 4.70. The van der Waals surface area contributed by atoms with E-state index in [2.05, 4.69) is 18.7 Å². The highest BCUT2D eigenvalue weighted by atomic mass is 16.2. The summed E-state index contributed by atoms with van der Waals surface area (Å²) in [5.74, 6) is 0.240. The van der Waals surface area contributed by atoms with Crippen molar-refractivity contribution >= 4 is 5.91 Å². The largest absolute Gasteiger partial charge is 0.330 e. The van der Waals surface area contributed by atoms with Crippen LogP contribution < -0.4 is 5.32 Å². The number of carbonyl (C=O) groups excluding carboxylic acids is 1. The molecule has 3 nitrogen and oxygen atoms in total. The molecule has 0 spiro atoms. The molecule has 0 aromatic carbocycles. The van der Waals surface area contributed by atoms with E-state index >= 15 is 0 Å². The SMILES string of the molecule is CN1C(C)(C)C[NH2+]C(=O)C1(C)C. The summed E-state index contributed by atoms with van der Waals surface area (Å²) in [7, 11) is 2.02. The van der Waals surface area contributed by atoms with E-state index in [1.807, 2.05) is 26.2 Å². The molecule has 0 aromatic heterocycles. The minimum atomic E-state index is -0.332. The van der Waals surface area contributed by atoms with Crippen molar-refractivity contribution in [2.75, 3.05) is 13.6 Å². The molecule has 70 valence electrons. The van der Waals surface area contributed by atoms with Crippen molar-refractivity contribution < 1.29 is 10.1 Å². The first-order valence-corrected chi connectivity index (χ1v) is 4.40. The fourth-order valence-corrected chi connectivity index (χ4v) is 1.65. The van der Waals surface area contributed by atoms with E-state index in [1.165, 1.54) is 0 Å². The summed E-state index contributed by atoms with van der Waals surface area (Å²) < 4.78 is 0. The number of amides is 1. The van der Waals surface area contributed by atoms with Gasteiger partial charge in [0.25, 0.3) is 0 Å². The average molecular weight is 171 g/mol. The van der Waals surface area contributed by atoms with Gasteiger partial charge in [-0.1, -0.05) is 0 Å². The third kappa shape index (κ3) is 1.27. The van der Waals surface area contributed by atoms with Gasteiger partial charge < -0.3 is 0 Å². The Balaban J connectivity index is 2.93. The molecule has 0 atom stereocenters. The van der Waals surface area contributed by atoms with Gasteiger partial charge in [0.05, 0.1) is 5.54 Å². The molecule has 1 saturated heterocycles. The second kappa shape index (κ2) is 2.54. The van der Waals surface area contributed by atoms with E-state index < -0.39 is 0 Å². The quantitative estimate of drug-likeness (QED) is 0.537. The van der Waals surface area contributed by atoms with Crippen molar-refractivity contribution in [1.29, 1.82) is 0 Å². The number of hydrogen-bond acceptors (Lipinski definition) is 2. The molecule has 0 unspecified atom stereocenters. The van der Waals surface area contributed by atoms with Gasteiger partial charge in [0.15, 0.2) is 0 Å². The van der Waals surface area contributed by atoms with E-state index in [1.54, 1.807) is 0 Å². The summed E-state index contributed by atoms with van der Waals surface area (Å²) in [5, 5.41) is 1.82. The highest BCUT2D eigenvalue weighted by molar-refractivity contribution is 5.77. The van der Waals surface area contributed by atoms with Crippen molar-refractivity contribution in [3.63, 3.8) is 0 Å². The van der Waals surface area contributed by atoms with Gasteiger partial charge in [0.1, 0.15) is 12.1 Å². The number of likely N-dealkylation sites (N-methyl/N-ethyl adjacent to an activating group) is 1. The molecular formula is C9H19N2O+. The van der Waals surface area contributed by atoms with Crippen LogP contribution in [0.15, 0.2) is 0 Å². The molecule has 1 heterocycles. The maximum absolute atomic E-state index is 11.5. The summed E-state index contributed by atoms with van der Waals surface area (Å²) in [6, 6.07) is 0. The van der Waals surface area contributed by atoms with Crippen molar-refractivity contribution in [3.8, 4) is 0 Å². The Hall–Kier alpha value is -0.410. The van der Waals surface area contributed by atoms with E-state index in [-0.39, 0.29) is 17.0 Å². The summed E-state index contributed by atoms with van der Waals surface area (Å²) in [5.41, 5.74) is -0.223. The molecule has 1 aliphatic rings. The molecule has 1 amide bonds. The number of hydrogen-bond donors (Lipinski definition) is 1. The number of nitrogens with two attached hydrogens (primary N) is 1. The zero-order valence-electron chi connectivity index (χ0n) is 8.64. The maximum Gasteiger partial charge on any atom is 0.330 e. The van der Waals surface area contributed by atoms with Crippen LogP contribution in [0, 0.1) is 0 Å². The minimum absolute atomic E-state index is 0.109. The van der Waals surface area contributed by atoms with E-state index in [0.717, 1.165) is 6.54 Å². The number of carbonyl (C=O) groups is 1. The van der Waals surface area contributed by atoms with Crippen LogP contribution in [-0.2, 0) is 4.79 Å². The minimum Gasteiger partial charge on any atom is -0.280 e. The van der Waals surface area contributed by atoms with Crippen LogP contribution in [-0.4, -0.2) is 35.5 Å². The van der Waals surface area contributed by atoms with Crippen molar-refractivity contribution in [3.05, 3.63) is 0 Å². The zero-order chi connectivity index (χ0) is 9.57. The van der Waals surface area contributed by atoms with Gasteiger partial charge in [0.2, 0.25) is 0 Å².